The number of hydrogen-bond donors (Lipinski definition) is 2. The van der Waals surface area contributed by atoms with Gasteiger partial charge in [0.2, 0.25) is 11.8 Å². The van der Waals surface area contributed by atoms with Crippen molar-refractivity contribution in [2.75, 3.05) is 0 Å². The van der Waals surface area contributed by atoms with Gasteiger partial charge >= 0.3 is 5.97 Å². The molecule has 2 heterocycles. The van der Waals surface area contributed by atoms with E-state index in [0.717, 1.165) is 32.1 Å². The van der Waals surface area contributed by atoms with Gasteiger partial charge in [-0.25, -0.2) is 4.79 Å². The molecule has 0 radical (unpaired) electrons. The average molecular weight is 522 g/mol. The zero-order chi connectivity index (χ0) is 24.2. The summed E-state index contributed by atoms with van der Waals surface area (Å²) in [7, 11) is 0. The molecule has 3 fully saturated rings. The van der Waals surface area contributed by atoms with Crippen LogP contribution in [0.25, 0.3) is 0 Å². The van der Waals surface area contributed by atoms with Gasteiger partial charge < -0.3 is 5.11 Å². The molecule has 178 valence electrons. The quantitative estimate of drug-likeness (QED) is 0.426. The predicted molar refractivity (Wildman–Crippen MR) is 129 cm³/mol. The summed E-state index contributed by atoms with van der Waals surface area (Å²) >= 11 is 19.1. The first-order chi connectivity index (χ1) is 16.3. The summed E-state index contributed by atoms with van der Waals surface area (Å²) in [6.45, 7) is 0. The Labute approximate surface area is 212 Å². The molecule has 34 heavy (non-hydrogen) atoms. The van der Waals surface area contributed by atoms with Crippen LogP contribution in [0.2, 0.25) is 15.1 Å². The summed E-state index contributed by atoms with van der Waals surface area (Å²) in [4.78, 5) is 42.1. The van der Waals surface area contributed by atoms with E-state index in [4.69, 9.17) is 34.8 Å². The van der Waals surface area contributed by atoms with Crippen LogP contribution in [0.3, 0.4) is 0 Å². The smallest absolute Gasteiger partial charge is 0.329 e. The van der Waals surface area contributed by atoms with E-state index < -0.39 is 35.3 Å². The van der Waals surface area contributed by atoms with Crippen LogP contribution in [0.15, 0.2) is 42.5 Å². The number of rotatable bonds is 4. The van der Waals surface area contributed by atoms with Gasteiger partial charge in [-0.2, -0.15) is 0 Å². The van der Waals surface area contributed by atoms with E-state index in [1.807, 2.05) is 0 Å². The van der Waals surface area contributed by atoms with Gasteiger partial charge in [-0.1, -0.05) is 84.4 Å². The van der Waals surface area contributed by atoms with Crippen molar-refractivity contribution in [1.82, 2.24) is 10.2 Å². The summed E-state index contributed by atoms with van der Waals surface area (Å²) in [5.41, 5.74) is -1.01. The number of amides is 2. The number of fused-ring (bicyclic) bond motifs is 1. The van der Waals surface area contributed by atoms with Crippen LogP contribution in [0.4, 0.5) is 0 Å². The lowest BCUT2D eigenvalue weighted by atomic mass is 9.75. The minimum Gasteiger partial charge on any atom is -0.480 e. The molecule has 0 spiro atoms. The van der Waals surface area contributed by atoms with Gasteiger partial charge in [0.25, 0.3) is 0 Å². The van der Waals surface area contributed by atoms with Crippen LogP contribution in [0.1, 0.15) is 49.3 Å². The van der Waals surface area contributed by atoms with E-state index in [9.17, 15) is 19.5 Å². The summed E-state index contributed by atoms with van der Waals surface area (Å²) in [5.74, 6) is -4.15. The summed E-state index contributed by atoms with van der Waals surface area (Å²) < 4.78 is 0. The largest absolute Gasteiger partial charge is 0.480 e. The fourth-order valence-electron chi connectivity index (χ4n) is 5.98. The Hall–Kier alpha value is -2.12. The van der Waals surface area contributed by atoms with Crippen molar-refractivity contribution in [3.8, 4) is 0 Å². The van der Waals surface area contributed by atoms with Gasteiger partial charge in [-0.3, -0.25) is 19.8 Å². The molecule has 4 unspecified atom stereocenters. The normalized spacial score (nSPS) is 29.5. The second-order valence-electron chi connectivity index (χ2n) is 9.23. The lowest BCUT2D eigenvalue weighted by Crippen LogP contribution is -2.54. The Morgan fingerprint density at radius 2 is 1.68 bits per heavy atom. The second-order valence-corrected chi connectivity index (χ2v) is 10.5. The van der Waals surface area contributed by atoms with Gasteiger partial charge in [-0.15, -0.1) is 0 Å². The molecule has 2 amide bonds. The zero-order valence-electron chi connectivity index (χ0n) is 18.1. The first-order valence-electron chi connectivity index (χ1n) is 11.4. The number of halogens is 3. The molecule has 2 aromatic carbocycles. The van der Waals surface area contributed by atoms with Gasteiger partial charge in [0.15, 0.2) is 5.54 Å². The van der Waals surface area contributed by atoms with E-state index in [-0.39, 0.29) is 22.0 Å². The van der Waals surface area contributed by atoms with Crippen LogP contribution in [0, 0.1) is 11.8 Å². The first-order valence-corrected chi connectivity index (χ1v) is 12.5. The van der Waals surface area contributed by atoms with Gasteiger partial charge in [0.05, 0.1) is 21.9 Å². The van der Waals surface area contributed by atoms with Crippen LogP contribution in [-0.4, -0.2) is 33.8 Å². The van der Waals surface area contributed by atoms with E-state index in [1.165, 1.54) is 11.0 Å². The minimum absolute atomic E-state index is 0.174. The topological polar surface area (TPSA) is 86.7 Å². The number of carbonyl (C=O) groups is 3. The summed E-state index contributed by atoms with van der Waals surface area (Å²) in [6.07, 6.45) is 4.37. The highest BCUT2D eigenvalue weighted by atomic mass is 35.5. The predicted octanol–water partition coefficient (Wildman–Crippen LogP) is 5.21. The monoisotopic (exact) mass is 520 g/mol. The molecule has 6 nitrogen and oxygen atoms in total. The summed E-state index contributed by atoms with van der Waals surface area (Å²) in [6, 6.07) is 10.5. The molecule has 5 rings (SSSR count). The van der Waals surface area contributed by atoms with Crippen LogP contribution in [0.5, 0.6) is 0 Å². The fraction of sp³-hybridized carbons (Fsp3) is 0.400. The lowest BCUT2D eigenvalue weighted by molar-refractivity contribution is -0.153. The standard InChI is InChI=1S/C25H23Cl3N2O4/c26-14-11-16(20(28)17(27)12-14)21-18-19(23(32)30(22(18)31)15-9-5-2-6-10-15)25(29-21,24(33)34)13-7-3-1-4-8-13/h1,3-4,7-8,11-12,15,18-19,21,29H,2,5-6,9-10H2,(H,33,34). The molecule has 2 aromatic rings. The number of nitrogens with zero attached hydrogens (tertiary/aromatic N) is 1. The molecular weight excluding hydrogens is 499 g/mol. The molecule has 1 saturated carbocycles. The highest BCUT2D eigenvalue weighted by molar-refractivity contribution is 6.43. The Kier molecular flexibility index (Phi) is 6.13. The molecule has 4 atom stereocenters. The van der Waals surface area contributed by atoms with Crippen molar-refractivity contribution < 1.29 is 19.5 Å². The molecule has 1 aliphatic carbocycles. The van der Waals surface area contributed by atoms with Crippen LogP contribution >= 0.6 is 34.8 Å². The number of hydrogen-bond acceptors (Lipinski definition) is 4. The average Bonchev–Trinajstić information content (AvgIpc) is 3.32. The van der Waals surface area contributed by atoms with E-state index >= 15 is 0 Å². The third-order valence-electron chi connectivity index (χ3n) is 7.46. The number of carbonyl (C=O) groups excluding carboxylic acids is 2. The molecule has 2 aliphatic heterocycles. The molecule has 3 aliphatic rings. The Morgan fingerprint density at radius 1 is 1.00 bits per heavy atom. The van der Waals surface area contributed by atoms with E-state index in [1.54, 1.807) is 36.4 Å². The third-order valence-corrected chi connectivity index (χ3v) is 8.49. The first kappa shape index (κ1) is 23.6. The Balaban J connectivity index is 1.71. The zero-order valence-corrected chi connectivity index (χ0v) is 20.4. The van der Waals surface area contributed by atoms with Crippen molar-refractivity contribution in [2.24, 2.45) is 11.8 Å². The highest BCUT2D eigenvalue weighted by Gasteiger charge is 2.70. The van der Waals surface area contributed by atoms with Crippen LogP contribution < -0.4 is 5.32 Å². The number of nitrogens with one attached hydrogen (secondary N) is 1. The van der Waals surface area contributed by atoms with Gasteiger partial charge in [-0.05, 0) is 36.1 Å². The molecule has 9 heteroatoms. The summed E-state index contributed by atoms with van der Waals surface area (Å²) in [5, 5.41) is 14.4. The van der Waals surface area contributed by atoms with Crippen molar-refractivity contribution in [3.05, 3.63) is 68.7 Å². The number of carboxylic acid groups (broad SMARTS) is 1. The van der Waals surface area contributed by atoms with Crippen LogP contribution in [-0.2, 0) is 19.9 Å². The second kappa shape index (κ2) is 8.83. The number of benzene rings is 2. The molecule has 2 N–H and O–H groups in total. The number of aliphatic carboxylic acids is 1. The van der Waals surface area contributed by atoms with Crippen molar-refractivity contribution in [1.29, 1.82) is 0 Å². The molecule has 0 aromatic heterocycles. The van der Waals surface area contributed by atoms with Gasteiger partial charge in [0, 0.05) is 17.1 Å². The molecule has 2 saturated heterocycles. The maximum atomic E-state index is 13.9. The van der Waals surface area contributed by atoms with Gasteiger partial charge in [0.1, 0.15) is 0 Å². The number of likely N-dealkylation sites (tertiary alicyclic amines) is 1. The van der Waals surface area contributed by atoms with E-state index in [0.29, 0.717) is 16.1 Å². The SMILES string of the molecule is O=C1C2C(c3cc(Cl)cc(Cl)c3Cl)NC(C(=O)O)(c3ccccc3)C2C(=O)N1C1CCCCC1. The highest BCUT2D eigenvalue weighted by Crippen LogP contribution is 2.55. The lowest BCUT2D eigenvalue weighted by Gasteiger charge is -2.35. The van der Waals surface area contributed by atoms with Crippen molar-refractivity contribution >= 4 is 52.6 Å². The minimum atomic E-state index is -1.81. The fourth-order valence-corrected chi connectivity index (χ4v) is 6.72. The third kappa shape index (κ3) is 3.46. The van der Waals surface area contributed by atoms with Crippen molar-refractivity contribution in [3.63, 3.8) is 0 Å². The maximum Gasteiger partial charge on any atom is 0.329 e. The number of imide groups is 1. The van der Waals surface area contributed by atoms with Crippen molar-refractivity contribution in [2.45, 2.75) is 49.7 Å². The Bertz CT molecular complexity index is 1170. The molecule has 0 bridgehead atoms. The maximum absolute atomic E-state index is 13.9. The number of carboxylic acids is 1. The molecular formula is C25H23Cl3N2O4. The van der Waals surface area contributed by atoms with E-state index in [2.05, 4.69) is 5.32 Å². The Morgan fingerprint density at radius 3 is 2.32 bits per heavy atom.